The molecule has 18 heavy (non-hydrogen) atoms. The predicted molar refractivity (Wildman–Crippen MR) is 76.6 cm³/mol. The Morgan fingerprint density at radius 3 is 2.44 bits per heavy atom. The van der Waals surface area contributed by atoms with Crippen LogP contribution in [0.2, 0.25) is 18.1 Å². The quantitative estimate of drug-likeness (QED) is 0.483. The smallest absolute Gasteiger partial charge is 0.228 e. The summed E-state index contributed by atoms with van der Waals surface area (Å²) in [4.78, 5) is 11.6. The largest absolute Gasteiger partial charge is 0.413 e. The van der Waals surface area contributed by atoms with Crippen LogP contribution in [0.15, 0.2) is 0 Å². The van der Waals surface area contributed by atoms with Crippen LogP contribution in [-0.2, 0) is 9.22 Å². The molecule has 3 unspecified atom stereocenters. The molecule has 1 aliphatic heterocycles. The van der Waals surface area contributed by atoms with Gasteiger partial charge in [-0.25, -0.2) is 0 Å². The van der Waals surface area contributed by atoms with E-state index < -0.39 is 8.32 Å². The summed E-state index contributed by atoms with van der Waals surface area (Å²) in [5.74, 6) is 2.59. The first-order chi connectivity index (χ1) is 8.10. The average molecular weight is 267 g/mol. The highest BCUT2D eigenvalue weighted by atomic mass is 28.4. The van der Waals surface area contributed by atoms with E-state index >= 15 is 0 Å². The molecule has 1 rings (SSSR count). The van der Waals surface area contributed by atoms with E-state index in [1.165, 1.54) is 0 Å². The molecule has 0 aliphatic carbocycles. The van der Waals surface area contributed by atoms with Gasteiger partial charge in [-0.15, -0.1) is 12.3 Å². The van der Waals surface area contributed by atoms with Crippen molar-refractivity contribution in [2.24, 2.45) is 5.92 Å². The fourth-order valence-corrected chi connectivity index (χ4v) is 3.44. The summed E-state index contributed by atoms with van der Waals surface area (Å²) in [6.45, 7) is 13.0. The molecule has 3 nitrogen and oxygen atoms in total. The zero-order valence-electron chi connectivity index (χ0n) is 12.3. The minimum Gasteiger partial charge on any atom is -0.413 e. The van der Waals surface area contributed by atoms with E-state index in [0.29, 0.717) is 6.42 Å². The first kappa shape index (κ1) is 15.3. The lowest BCUT2D eigenvalue weighted by atomic mass is 9.84. The highest BCUT2D eigenvalue weighted by Crippen LogP contribution is 2.39. The summed E-state index contributed by atoms with van der Waals surface area (Å²) in [7, 11) is -1.83. The van der Waals surface area contributed by atoms with Crippen molar-refractivity contribution in [1.29, 1.82) is 0 Å². The van der Waals surface area contributed by atoms with E-state index in [1.54, 1.807) is 0 Å². The Balaban J connectivity index is 2.68. The Morgan fingerprint density at radius 1 is 1.50 bits per heavy atom. The molecule has 1 heterocycles. The highest BCUT2D eigenvalue weighted by Gasteiger charge is 2.46. The van der Waals surface area contributed by atoms with E-state index in [0.717, 1.165) is 0 Å². The summed E-state index contributed by atoms with van der Waals surface area (Å²) < 4.78 is 6.26. The molecule has 0 radical (unpaired) electrons. The van der Waals surface area contributed by atoms with E-state index in [4.69, 9.17) is 10.8 Å². The molecule has 0 aromatic rings. The zero-order chi connectivity index (χ0) is 14.1. The predicted octanol–water partition coefficient (Wildman–Crippen LogP) is 2.53. The maximum Gasteiger partial charge on any atom is 0.228 e. The number of carbonyl (C=O) groups excluding carboxylic acids is 1. The standard InChI is InChI=1S/C14H25NO2Si/c1-8-9-11-12(13(16)15-11)10(2)17-18(6,7)14(3,4)5/h1,10-12H,9H2,2-7H3,(H,15,16). The molecule has 1 N–H and O–H groups in total. The van der Waals surface area contributed by atoms with Crippen LogP contribution in [0.5, 0.6) is 0 Å². The third-order valence-electron chi connectivity index (χ3n) is 4.19. The van der Waals surface area contributed by atoms with E-state index in [2.05, 4.69) is 45.1 Å². The lowest BCUT2D eigenvalue weighted by Gasteiger charge is -2.45. The number of β-lactam (4-membered cyclic amide) rings is 1. The van der Waals surface area contributed by atoms with Gasteiger partial charge in [0.25, 0.3) is 0 Å². The van der Waals surface area contributed by atoms with Gasteiger partial charge in [0.1, 0.15) is 0 Å². The molecule has 0 saturated carbocycles. The van der Waals surface area contributed by atoms with Gasteiger partial charge in [0.15, 0.2) is 8.32 Å². The molecule has 102 valence electrons. The first-order valence-electron chi connectivity index (χ1n) is 6.52. The molecule has 0 aromatic heterocycles. The Morgan fingerprint density at radius 2 is 2.06 bits per heavy atom. The number of rotatable bonds is 4. The van der Waals surface area contributed by atoms with Crippen molar-refractivity contribution in [3.05, 3.63) is 0 Å². The van der Waals surface area contributed by atoms with Crippen molar-refractivity contribution in [3.8, 4) is 12.3 Å². The number of hydrogen-bond acceptors (Lipinski definition) is 2. The summed E-state index contributed by atoms with van der Waals surface area (Å²) >= 11 is 0. The molecular weight excluding hydrogens is 242 g/mol. The number of nitrogens with one attached hydrogen (secondary N) is 1. The zero-order valence-corrected chi connectivity index (χ0v) is 13.3. The van der Waals surface area contributed by atoms with Crippen LogP contribution in [0.25, 0.3) is 0 Å². The summed E-state index contributed by atoms with van der Waals surface area (Å²) in [5.41, 5.74) is 0. The van der Waals surface area contributed by atoms with Crippen molar-refractivity contribution < 1.29 is 9.22 Å². The van der Waals surface area contributed by atoms with Crippen molar-refractivity contribution >= 4 is 14.2 Å². The van der Waals surface area contributed by atoms with Gasteiger partial charge in [0.05, 0.1) is 18.1 Å². The topological polar surface area (TPSA) is 38.3 Å². The molecule has 0 spiro atoms. The molecule has 1 fully saturated rings. The SMILES string of the molecule is C#CCC1NC(=O)C1C(C)O[Si](C)(C)C(C)(C)C. The van der Waals surface area contributed by atoms with Gasteiger partial charge in [0, 0.05) is 6.42 Å². The molecule has 0 aromatic carbocycles. The Labute approximate surface area is 112 Å². The molecular formula is C14H25NO2Si. The second kappa shape index (κ2) is 5.06. The van der Waals surface area contributed by atoms with Crippen molar-refractivity contribution in [2.75, 3.05) is 0 Å². The van der Waals surface area contributed by atoms with Crippen molar-refractivity contribution in [2.45, 2.75) is 64.4 Å². The van der Waals surface area contributed by atoms with Gasteiger partial charge in [-0.3, -0.25) is 4.79 Å². The van der Waals surface area contributed by atoms with Crippen LogP contribution < -0.4 is 5.32 Å². The minimum absolute atomic E-state index is 0.0574. The fraction of sp³-hybridized carbons (Fsp3) is 0.786. The number of terminal acetylenes is 1. The maximum atomic E-state index is 11.6. The molecule has 4 heteroatoms. The second-order valence-electron chi connectivity index (χ2n) is 6.63. The van der Waals surface area contributed by atoms with Crippen molar-refractivity contribution in [3.63, 3.8) is 0 Å². The van der Waals surface area contributed by atoms with Crippen LogP contribution in [0, 0.1) is 18.3 Å². The molecule has 1 saturated heterocycles. The molecule has 3 atom stereocenters. The van der Waals surface area contributed by atoms with Gasteiger partial charge < -0.3 is 9.74 Å². The molecule has 0 bridgehead atoms. The Bertz CT molecular complexity index is 365. The maximum absolute atomic E-state index is 11.6. The fourth-order valence-electron chi connectivity index (χ4n) is 2.02. The van der Waals surface area contributed by atoms with Gasteiger partial charge in [-0.2, -0.15) is 0 Å². The lowest BCUT2D eigenvalue weighted by Crippen LogP contribution is -2.63. The first-order valence-corrected chi connectivity index (χ1v) is 9.42. The third-order valence-corrected chi connectivity index (χ3v) is 8.77. The average Bonchev–Trinajstić information content (AvgIpc) is 2.13. The van der Waals surface area contributed by atoms with Crippen LogP contribution in [0.3, 0.4) is 0 Å². The lowest BCUT2D eigenvalue weighted by molar-refractivity contribution is -0.139. The number of amides is 1. The van der Waals surface area contributed by atoms with Crippen molar-refractivity contribution in [1.82, 2.24) is 5.32 Å². The highest BCUT2D eigenvalue weighted by molar-refractivity contribution is 6.74. The van der Waals surface area contributed by atoms with Crippen LogP contribution in [0.1, 0.15) is 34.1 Å². The number of hydrogen-bond donors (Lipinski definition) is 1. The van der Waals surface area contributed by atoms with Crippen LogP contribution in [-0.4, -0.2) is 26.4 Å². The number of carbonyl (C=O) groups is 1. The molecule has 1 aliphatic rings. The Kier molecular flexibility index (Phi) is 4.29. The van der Waals surface area contributed by atoms with E-state index in [-0.39, 0.29) is 29.0 Å². The second-order valence-corrected chi connectivity index (χ2v) is 11.4. The summed E-state index contributed by atoms with van der Waals surface area (Å²) in [6.07, 6.45) is 5.84. The Hall–Kier alpha value is -0.793. The molecule has 1 amide bonds. The van der Waals surface area contributed by atoms with Gasteiger partial charge in [-0.1, -0.05) is 20.8 Å². The van der Waals surface area contributed by atoms with Gasteiger partial charge in [-0.05, 0) is 25.1 Å². The summed E-state index contributed by atoms with van der Waals surface area (Å²) in [5, 5.41) is 3.01. The van der Waals surface area contributed by atoms with Gasteiger partial charge >= 0.3 is 0 Å². The monoisotopic (exact) mass is 267 g/mol. The van der Waals surface area contributed by atoms with Crippen LogP contribution in [0.4, 0.5) is 0 Å². The van der Waals surface area contributed by atoms with Gasteiger partial charge in [0.2, 0.25) is 5.91 Å². The van der Waals surface area contributed by atoms with E-state index in [9.17, 15) is 4.79 Å². The summed E-state index contributed by atoms with van der Waals surface area (Å²) in [6, 6.07) is 0.0854. The minimum atomic E-state index is -1.83. The third kappa shape index (κ3) is 2.96. The van der Waals surface area contributed by atoms with E-state index in [1.807, 2.05) is 6.92 Å². The van der Waals surface area contributed by atoms with Crippen LogP contribution >= 0.6 is 0 Å². The normalized spacial score (nSPS) is 25.9.